The zero-order valence-electron chi connectivity index (χ0n) is 11.8. The van der Waals surface area contributed by atoms with Crippen molar-refractivity contribution in [3.05, 3.63) is 62.3 Å². The third kappa shape index (κ3) is 4.28. The van der Waals surface area contributed by atoms with E-state index in [0.717, 1.165) is 21.3 Å². The fourth-order valence-electron chi connectivity index (χ4n) is 1.94. The Bertz CT molecular complexity index is 634. The smallest absolute Gasteiger partial charge is 0.137 e. The van der Waals surface area contributed by atoms with Gasteiger partial charge in [-0.25, -0.2) is 4.39 Å². The highest BCUT2D eigenvalue weighted by atomic mass is 79.9. The van der Waals surface area contributed by atoms with Crippen molar-refractivity contribution >= 4 is 31.9 Å². The Hall–Kier alpha value is -0.910. The number of hydrogen-bond acceptors (Lipinski definition) is 2. The van der Waals surface area contributed by atoms with Gasteiger partial charge < -0.3 is 10.1 Å². The summed E-state index contributed by atoms with van der Waals surface area (Å²) < 4.78 is 20.6. The molecule has 2 nitrogen and oxygen atoms in total. The lowest BCUT2D eigenvalue weighted by Gasteiger charge is -2.17. The molecule has 0 spiro atoms. The molecule has 0 aliphatic rings. The summed E-state index contributed by atoms with van der Waals surface area (Å²) in [4.78, 5) is 0. The van der Waals surface area contributed by atoms with Gasteiger partial charge in [0.1, 0.15) is 18.2 Å². The maximum absolute atomic E-state index is 13.2. The summed E-state index contributed by atoms with van der Waals surface area (Å²) in [7, 11) is 1.91. The molecule has 2 aromatic rings. The topological polar surface area (TPSA) is 21.3 Å². The van der Waals surface area contributed by atoms with E-state index in [1.165, 1.54) is 6.07 Å². The van der Waals surface area contributed by atoms with E-state index in [9.17, 15) is 4.39 Å². The standard InChI is InChI=1S/C16H16Br2FNO/c1-10(20-2)13-8-12(17)4-6-16(13)21-9-11-3-5-15(19)14(18)7-11/h3-8,10,20H,9H2,1-2H3. The van der Waals surface area contributed by atoms with Crippen LogP contribution in [0, 0.1) is 5.82 Å². The number of nitrogens with one attached hydrogen (secondary N) is 1. The Morgan fingerprint density at radius 1 is 1.19 bits per heavy atom. The molecule has 1 atom stereocenters. The fourth-order valence-corrected chi connectivity index (χ4v) is 2.74. The van der Waals surface area contributed by atoms with Crippen LogP contribution in [0.15, 0.2) is 45.3 Å². The minimum Gasteiger partial charge on any atom is -0.489 e. The van der Waals surface area contributed by atoms with Crippen LogP contribution in [0.1, 0.15) is 24.1 Å². The van der Waals surface area contributed by atoms with Crippen LogP contribution < -0.4 is 10.1 Å². The maximum atomic E-state index is 13.2. The zero-order chi connectivity index (χ0) is 15.4. The van der Waals surface area contributed by atoms with Gasteiger partial charge in [-0.2, -0.15) is 0 Å². The predicted molar refractivity (Wildman–Crippen MR) is 90.0 cm³/mol. The van der Waals surface area contributed by atoms with E-state index in [-0.39, 0.29) is 11.9 Å². The molecule has 1 N–H and O–H groups in total. The van der Waals surface area contributed by atoms with E-state index in [1.54, 1.807) is 12.1 Å². The molecule has 21 heavy (non-hydrogen) atoms. The van der Waals surface area contributed by atoms with E-state index in [0.29, 0.717) is 11.1 Å². The summed E-state index contributed by atoms with van der Waals surface area (Å²) in [5, 5.41) is 3.21. The van der Waals surface area contributed by atoms with E-state index in [4.69, 9.17) is 4.74 Å². The van der Waals surface area contributed by atoms with Gasteiger partial charge in [0.05, 0.1) is 4.47 Å². The number of ether oxygens (including phenoxy) is 1. The van der Waals surface area contributed by atoms with Crippen LogP contribution in [0.4, 0.5) is 4.39 Å². The molecule has 2 rings (SSSR count). The van der Waals surface area contributed by atoms with Crippen LogP contribution in [0.5, 0.6) is 5.75 Å². The summed E-state index contributed by atoms with van der Waals surface area (Å²) in [6.45, 7) is 2.47. The zero-order valence-corrected chi connectivity index (χ0v) is 15.0. The minimum absolute atomic E-state index is 0.178. The van der Waals surface area contributed by atoms with Crippen LogP contribution in [0.2, 0.25) is 0 Å². The molecule has 1 unspecified atom stereocenters. The summed E-state index contributed by atoms with van der Waals surface area (Å²) in [5.41, 5.74) is 1.99. The molecule has 0 radical (unpaired) electrons. The molecule has 0 saturated heterocycles. The second-order valence-electron chi connectivity index (χ2n) is 4.73. The second kappa shape index (κ2) is 7.38. The van der Waals surface area contributed by atoms with Gasteiger partial charge in [0.2, 0.25) is 0 Å². The van der Waals surface area contributed by atoms with Gasteiger partial charge in [-0.3, -0.25) is 0 Å². The fraction of sp³-hybridized carbons (Fsp3) is 0.250. The largest absolute Gasteiger partial charge is 0.489 e. The highest BCUT2D eigenvalue weighted by molar-refractivity contribution is 9.10. The second-order valence-corrected chi connectivity index (χ2v) is 6.50. The highest BCUT2D eigenvalue weighted by Gasteiger charge is 2.11. The molecule has 2 aromatic carbocycles. The summed E-state index contributed by atoms with van der Waals surface area (Å²) in [5.74, 6) is 0.549. The Balaban J connectivity index is 2.17. The van der Waals surface area contributed by atoms with Crippen molar-refractivity contribution in [3.8, 4) is 5.75 Å². The predicted octanol–water partition coefficient (Wildman–Crippen LogP) is 5.21. The molecule has 112 valence electrons. The van der Waals surface area contributed by atoms with Gasteiger partial charge in [0.15, 0.2) is 0 Å². The summed E-state index contributed by atoms with van der Waals surface area (Å²) in [6, 6.07) is 11.0. The van der Waals surface area contributed by atoms with E-state index in [2.05, 4.69) is 44.1 Å². The lowest BCUT2D eigenvalue weighted by atomic mass is 10.1. The van der Waals surface area contributed by atoms with Crippen LogP contribution >= 0.6 is 31.9 Å². The third-order valence-electron chi connectivity index (χ3n) is 3.25. The summed E-state index contributed by atoms with van der Waals surface area (Å²) in [6.07, 6.45) is 0. The van der Waals surface area contributed by atoms with Crippen molar-refractivity contribution in [2.75, 3.05) is 7.05 Å². The number of hydrogen-bond donors (Lipinski definition) is 1. The van der Waals surface area contributed by atoms with Crippen LogP contribution in [0.3, 0.4) is 0 Å². The van der Waals surface area contributed by atoms with E-state index < -0.39 is 0 Å². The monoisotopic (exact) mass is 415 g/mol. The molecule has 0 saturated carbocycles. The maximum Gasteiger partial charge on any atom is 0.137 e. The van der Waals surface area contributed by atoms with Crippen LogP contribution in [-0.2, 0) is 6.61 Å². The average Bonchev–Trinajstić information content (AvgIpc) is 2.48. The molecular weight excluding hydrogens is 401 g/mol. The van der Waals surface area contributed by atoms with Gasteiger partial charge in [-0.05, 0) is 65.8 Å². The highest BCUT2D eigenvalue weighted by Crippen LogP contribution is 2.29. The van der Waals surface area contributed by atoms with Crippen molar-refractivity contribution in [2.24, 2.45) is 0 Å². The van der Waals surface area contributed by atoms with Crippen molar-refractivity contribution in [3.63, 3.8) is 0 Å². The van der Waals surface area contributed by atoms with Crippen LogP contribution in [0.25, 0.3) is 0 Å². The Morgan fingerprint density at radius 3 is 2.62 bits per heavy atom. The molecule has 0 fully saturated rings. The van der Waals surface area contributed by atoms with Crippen molar-refractivity contribution in [2.45, 2.75) is 19.6 Å². The normalized spacial score (nSPS) is 12.2. The molecule has 0 aliphatic carbocycles. The van der Waals surface area contributed by atoms with Crippen LogP contribution in [-0.4, -0.2) is 7.05 Å². The quantitative estimate of drug-likeness (QED) is 0.722. The Labute approximate surface area is 141 Å². The van der Waals surface area contributed by atoms with Gasteiger partial charge >= 0.3 is 0 Å². The lowest BCUT2D eigenvalue weighted by molar-refractivity contribution is 0.300. The first-order chi connectivity index (χ1) is 10.0. The molecule has 0 aliphatic heterocycles. The first-order valence-corrected chi connectivity index (χ1v) is 8.13. The number of rotatable bonds is 5. The average molecular weight is 417 g/mol. The molecule has 0 bridgehead atoms. The van der Waals surface area contributed by atoms with Gasteiger partial charge in [-0.1, -0.05) is 22.0 Å². The van der Waals surface area contributed by atoms with Gasteiger partial charge in [-0.15, -0.1) is 0 Å². The number of benzene rings is 2. The van der Waals surface area contributed by atoms with Crippen molar-refractivity contribution in [1.29, 1.82) is 0 Å². The molecule has 5 heteroatoms. The molecule has 0 aromatic heterocycles. The molecule has 0 heterocycles. The molecule has 0 amide bonds. The Morgan fingerprint density at radius 2 is 1.95 bits per heavy atom. The first-order valence-electron chi connectivity index (χ1n) is 6.54. The van der Waals surface area contributed by atoms with Gasteiger partial charge in [0, 0.05) is 16.1 Å². The molecular formula is C16H16Br2FNO. The summed E-state index contributed by atoms with van der Waals surface area (Å²) >= 11 is 6.66. The SMILES string of the molecule is CNC(C)c1cc(Br)ccc1OCc1ccc(F)c(Br)c1. The lowest BCUT2D eigenvalue weighted by Crippen LogP contribution is -2.13. The Kier molecular flexibility index (Phi) is 5.79. The van der Waals surface area contributed by atoms with E-state index >= 15 is 0 Å². The first kappa shape index (κ1) is 16.5. The van der Waals surface area contributed by atoms with E-state index in [1.807, 2.05) is 25.2 Å². The van der Waals surface area contributed by atoms with Crippen molar-refractivity contribution in [1.82, 2.24) is 5.32 Å². The van der Waals surface area contributed by atoms with Gasteiger partial charge in [0.25, 0.3) is 0 Å². The number of halogens is 3. The minimum atomic E-state index is -0.271. The van der Waals surface area contributed by atoms with Crippen molar-refractivity contribution < 1.29 is 9.13 Å². The third-order valence-corrected chi connectivity index (χ3v) is 4.35.